The Morgan fingerprint density at radius 1 is 1.21 bits per heavy atom. The van der Waals surface area contributed by atoms with Crippen LogP contribution >= 0.6 is 0 Å². The SMILES string of the molecule is CC(C)(C)C1=CC2CCC1(C)C2(C)C. The van der Waals surface area contributed by atoms with Crippen LogP contribution in [0, 0.1) is 22.2 Å². The average Bonchev–Trinajstić information content (AvgIpc) is 2.32. The molecular formula is C14H24. The van der Waals surface area contributed by atoms with Crippen LogP contribution in [0.2, 0.25) is 0 Å². The van der Waals surface area contributed by atoms with Gasteiger partial charge in [-0.25, -0.2) is 0 Å². The number of hydrogen-bond acceptors (Lipinski definition) is 0. The summed E-state index contributed by atoms with van der Waals surface area (Å²) < 4.78 is 0. The second-order valence-electron chi connectivity index (χ2n) is 7.03. The molecule has 2 aliphatic carbocycles. The van der Waals surface area contributed by atoms with E-state index in [0.29, 0.717) is 16.2 Å². The summed E-state index contributed by atoms with van der Waals surface area (Å²) in [7, 11) is 0. The zero-order valence-electron chi connectivity index (χ0n) is 10.6. The van der Waals surface area contributed by atoms with E-state index in [9.17, 15) is 0 Å². The van der Waals surface area contributed by atoms with Crippen molar-refractivity contribution in [1.82, 2.24) is 0 Å². The number of hydrogen-bond donors (Lipinski definition) is 0. The van der Waals surface area contributed by atoms with Crippen LogP contribution in [0.25, 0.3) is 0 Å². The molecule has 0 radical (unpaired) electrons. The summed E-state index contributed by atoms with van der Waals surface area (Å²) in [6, 6.07) is 0. The second kappa shape index (κ2) is 2.46. The normalized spacial score (nSPS) is 40.1. The summed E-state index contributed by atoms with van der Waals surface area (Å²) in [6.07, 6.45) is 5.39. The Morgan fingerprint density at radius 3 is 2.00 bits per heavy atom. The van der Waals surface area contributed by atoms with E-state index in [1.54, 1.807) is 5.57 Å². The molecule has 2 atom stereocenters. The van der Waals surface area contributed by atoms with Gasteiger partial charge in [-0.05, 0) is 35.0 Å². The molecule has 1 fully saturated rings. The van der Waals surface area contributed by atoms with Crippen molar-refractivity contribution < 1.29 is 0 Å². The summed E-state index contributed by atoms with van der Waals surface area (Å²) in [4.78, 5) is 0. The second-order valence-corrected chi connectivity index (χ2v) is 7.03. The largest absolute Gasteiger partial charge is 0.0805 e. The van der Waals surface area contributed by atoms with Gasteiger partial charge in [-0.3, -0.25) is 0 Å². The number of allylic oxidation sites excluding steroid dienone is 2. The Balaban J connectivity index is 2.47. The van der Waals surface area contributed by atoms with Crippen LogP contribution in [0.5, 0.6) is 0 Å². The van der Waals surface area contributed by atoms with Crippen molar-refractivity contribution in [2.45, 2.75) is 54.4 Å². The summed E-state index contributed by atoms with van der Waals surface area (Å²) in [5.74, 6) is 0.835. The van der Waals surface area contributed by atoms with Crippen LogP contribution in [0.3, 0.4) is 0 Å². The molecule has 0 spiro atoms. The van der Waals surface area contributed by atoms with Gasteiger partial charge in [0.25, 0.3) is 0 Å². The van der Waals surface area contributed by atoms with Gasteiger partial charge in [0, 0.05) is 0 Å². The lowest BCUT2D eigenvalue weighted by Gasteiger charge is -2.42. The van der Waals surface area contributed by atoms with E-state index >= 15 is 0 Å². The third-order valence-electron chi connectivity index (χ3n) is 5.07. The molecule has 0 heterocycles. The quantitative estimate of drug-likeness (QED) is 0.499. The van der Waals surface area contributed by atoms with Crippen molar-refractivity contribution in [1.29, 1.82) is 0 Å². The van der Waals surface area contributed by atoms with Crippen LogP contribution in [0.4, 0.5) is 0 Å². The fourth-order valence-electron chi connectivity index (χ4n) is 3.77. The fourth-order valence-corrected chi connectivity index (χ4v) is 3.77. The van der Waals surface area contributed by atoms with Gasteiger partial charge in [-0.1, -0.05) is 53.2 Å². The summed E-state index contributed by atoms with van der Waals surface area (Å²) >= 11 is 0. The Hall–Kier alpha value is -0.260. The third kappa shape index (κ3) is 1.00. The molecule has 2 bridgehead atoms. The highest BCUT2D eigenvalue weighted by atomic mass is 14.6. The van der Waals surface area contributed by atoms with Crippen LogP contribution in [-0.4, -0.2) is 0 Å². The highest BCUT2D eigenvalue weighted by Crippen LogP contribution is 2.67. The third-order valence-corrected chi connectivity index (χ3v) is 5.07. The zero-order chi connectivity index (χ0) is 10.8. The molecular weight excluding hydrogens is 168 g/mol. The molecule has 0 aliphatic heterocycles. The van der Waals surface area contributed by atoms with E-state index < -0.39 is 0 Å². The van der Waals surface area contributed by atoms with Gasteiger partial charge in [0.05, 0.1) is 0 Å². The van der Waals surface area contributed by atoms with Gasteiger partial charge in [0.2, 0.25) is 0 Å². The van der Waals surface area contributed by atoms with Gasteiger partial charge in [0.1, 0.15) is 0 Å². The lowest BCUT2D eigenvalue weighted by molar-refractivity contribution is 0.150. The minimum atomic E-state index is 0.362. The molecule has 0 aromatic heterocycles. The molecule has 0 amide bonds. The molecule has 0 nitrogen and oxygen atoms in total. The van der Waals surface area contributed by atoms with Crippen molar-refractivity contribution in [3.8, 4) is 0 Å². The summed E-state index contributed by atoms with van der Waals surface area (Å²) in [5, 5.41) is 0. The molecule has 0 aromatic rings. The lowest BCUT2D eigenvalue weighted by atomic mass is 9.62. The van der Waals surface area contributed by atoms with Crippen molar-refractivity contribution in [3.05, 3.63) is 11.6 Å². The van der Waals surface area contributed by atoms with Crippen LogP contribution in [0.15, 0.2) is 11.6 Å². The standard InChI is InChI=1S/C14H24/c1-12(2,3)11-9-10-7-8-14(11,6)13(10,4)5/h9-10H,7-8H2,1-6H3. The first-order chi connectivity index (χ1) is 6.19. The minimum Gasteiger partial charge on any atom is -0.0805 e. The van der Waals surface area contributed by atoms with Gasteiger partial charge >= 0.3 is 0 Å². The van der Waals surface area contributed by atoms with E-state index in [0.717, 1.165) is 5.92 Å². The van der Waals surface area contributed by atoms with Crippen LogP contribution in [-0.2, 0) is 0 Å². The summed E-state index contributed by atoms with van der Waals surface area (Å²) in [6.45, 7) is 14.5. The van der Waals surface area contributed by atoms with Crippen LogP contribution in [0.1, 0.15) is 54.4 Å². The highest BCUT2D eigenvalue weighted by Gasteiger charge is 2.58. The molecule has 0 heteroatoms. The molecule has 1 saturated carbocycles. The van der Waals surface area contributed by atoms with Crippen LogP contribution < -0.4 is 0 Å². The van der Waals surface area contributed by atoms with Crippen molar-refractivity contribution in [3.63, 3.8) is 0 Å². The Morgan fingerprint density at radius 2 is 1.79 bits per heavy atom. The maximum Gasteiger partial charge on any atom is -0.00541 e. The topological polar surface area (TPSA) is 0 Å². The number of rotatable bonds is 0. The predicted molar refractivity (Wildman–Crippen MR) is 62.2 cm³/mol. The van der Waals surface area contributed by atoms with Gasteiger partial charge in [0.15, 0.2) is 0 Å². The first-order valence-corrected chi connectivity index (χ1v) is 5.92. The van der Waals surface area contributed by atoms with Gasteiger partial charge < -0.3 is 0 Å². The Kier molecular flexibility index (Phi) is 1.80. The van der Waals surface area contributed by atoms with Gasteiger partial charge in [-0.15, -0.1) is 0 Å². The van der Waals surface area contributed by atoms with E-state index in [4.69, 9.17) is 0 Å². The fraction of sp³-hybridized carbons (Fsp3) is 0.857. The predicted octanol–water partition coefficient (Wildman–Crippen LogP) is 4.42. The Labute approximate surface area is 88.8 Å². The first-order valence-electron chi connectivity index (χ1n) is 5.92. The minimum absolute atomic E-state index is 0.362. The maximum absolute atomic E-state index is 2.59. The first kappa shape index (κ1) is 10.3. The van der Waals surface area contributed by atoms with E-state index in [-0.39, 0.29) is 0 Å². The molecule has 2 rings (SSSR count). The Bertz CT molecular complexity index is 288. The molecule has 0 aromatic carbocycles. The lowest BCUT2D eigenvalue weighted by Crippen LogP contribution is -2.34. The number of fused-ring (bicyclic) bond motifs is 2. The smallest absolute Gasteiger partial charge is 0.00541 e. The van der Waals surface area contributed by atoms with Crippen molar-refractivity contribution >= 4 is 0 Å². The van der Waals surface area contributed by atoms with E-state index in [1.807, 2.05) is 0 Å². The van der Waals surface area contributed by atoms with Crippen molar-refractivity contribution in [2.75, 3.05) is 0 Å². The molecule has 2 aliphatic rings. The molecule has 2 unspecified atom stereocenters. The molecule has 0 saturated heterocycles. The molecule has 14 heavy (non-hydrogen) atoms. The van der Waals surface area contributed by atoms with Crippen molar-refractivity contribution in [2.24, 2.45) is 22.2 Å². The average molecular weight is 192 g/mol. The van der Waals surface area contributed by atoms with Gasteiger partial charge in [-0.2, -0.15) is 0 Å². The molecule has 0 N–H and O–H groups in total. The monoisotopic (exact) mass is 192 g/mol. The zero-order valence-corrected chi connectivity index (χ0v) is 10.6. The van der Waals surface area contributed by atoms with E-state index in [1.165, 1.54) is 12.8 Å². The summed E-state index contributed by atoms with van der Waals surface area (Å²) in [5.41, 5.74) is 3.04. The van der Waals surface area contributed by atoms with E-state index in [2.05, 4.69) is 47.6 Å². The highest BCUT2D eigenvalue weighted by molar-refractivity contribution is 5.35. The maximum atomic E-state index is 2.59. The molecule has 80 valence electrons.